The molecule has 3 heteroatoms. The fourth-order valence-electron chi connectivity index (χ4n) is 1.58. The maximum absolute atomic E-state index is 11.3. The van der Waals surface area contributed by atoms with Crippen LogP contribution in [0.4, 0.5) is 5.69 Å². The molecule has 0 atom stereocenters. The molecule has 2 aromatic rings. The van der Waals surface area contributed by atoms with Crippen molar-refractivity contribution >= 4 is 16.5 Å². The molecule has 2 aromatic carbocycles. The van der Waals surface area contributed by atoms with Gasteiger partial charge >= 0.3 is 5.69 Å². The summed E-state index contributed by atoms with van der Waals surface area (Å²) in [5.74, 6) is -0.259. The first kappa shape index (κ1) is 8.52. The Morgan fingerprint density at radius 1 is 1.14 bits per heavy atom. The Bertz CT molecular complexity index is 541. The van der Waals surface area contributed by atoms with E-state index in [4.69, 9.17) is 5.39 Å². The smallest absolute Gasteiger partial charge is 0.385 e. The third kappa shape index (κ3) is 1.09. The molecule has 3 nitrogen and oxygen atoms in total. The summed E-state index contributed by atoms with van der Waals surface area (Å²) in [6, 6.07) is 8.74. The van der Waals surface area contributed by atoms with E-state index in [0.29, 0.717) is 5.39 Å². The predicted octanol–water partition coefficient (Wildman–Crippen LogP) is 2.71. The quantitative estimate of drug-likeness (QED) is 0.591. The fourth-order valence-corrected chi connectivity index (χ4v) is 1.58. The summed E-state index contributed by atoms with van der Waals surface area (Å²) < 4.78 is 0. The molecule has 0 fully saturated rings. The minimum atomic E-state index is -0.259. The first-order valence-electron chi connectivity index (χ1n) is 4.28. The fraction of sp³-hybridized carbons (Fsp3) is 0.0909. The average molecular weight is 184 g/mol. The third-order valence-corrected chi connectivity index (χ3v) is 2.31. The number of benzene rings is 2. The van der Waals surface area contributed by atoms with Gasteiger partial charge < -0.3 is 5.11 Å². The summed E-state index contributed by atoms with van der Waals surface area (Å²) in [5.41, 5.74) is 1.18. The van der Waals surface area contributed by atoms with Gasteiger partial charge in [0, 0.05) is 0 Å². The summed E-state index contributed by atoms with van der Waals surface area (Å²) in [6.45, 7) is 1.95. The first-order valence-corrected chi connectivity index (χ1v) is 4.28. The van der Waals surface area contributed by atoms with Crippen molar-refractivity contribution in [2.75, 3.05) is 0 Å². The number of rotatable bonds is 0. The normalized spacial score (nSPS) is 10.0. The van der Waals surface area contributed by atoms with Crippen LogP contribution in [0, 0.1) is 12.3 Å². The van der Waals surface area contributed by atoms with Crippen LogP contribution in [0.2, 0.25) is 0 Å². The lowest BCUT2D eigenvalue weighted by Crippen LogP contribution is -1.90. The second-order valence-corrected chi connectivity index (χ2v) is 3.18. The highest BCUT2D eigenvalue weighted by atomic mass is 16.3. The van der Waals surface area contributed by atoms with Crippen LogP contribution in [-0.4, -0.2) is 0 Å². The first-order chi connectivity index (χ1) is 6.74. The van der Waals surface area contributed by atoms with Gasteiger partial charge in [0.05, 0.1) is 5.39 Å². The van der Waals surface area contributed by atoms with E-state index in [0.717, 1.165) is 10.9 Å². The van der Waals surface area contributed by atoms with Gasteiger partial charge in [0.1, 0.15) is 0 Å². The molecule has 0 amide bonds. The molecule has 0 aliphatic rings. The Hall–Kier alpha value is -2.08. The van der Waals surface area contributed by atoms with E-state index in [-0.39, 0.29) is 11.4 Å². The van der Waals surface area contributed by atoms with Gasteiger partial charge in [-0.3, -0.25) is 0 Å². The number of hydrogen-bond acceptors (Lipinski definition) is 2. The molecule has 0 bridgehead atoms. The van der Waals surface area contributed by atoms with Gasteiger partial charge in [0.2, 0.25) is 5.39 Å². The Morgan fingerprint density at radius 3 is 2.64 bits per heavy atom. The molecule has 14 heavy (non-hydrogen) atoms. The van der Waals surface area contributed by atoms with Crippen LogP contribution in [0.5, 0.6) is 5.75 Å². The Morgan fingerprint density at radius 2 is 1.93 bits per heavy atom. The molecule has 0 saturated carbocycles. The molecule has 0 aliphatic heterocycles. The molecule has 0 aliphatic carbocycles. The molecular formula is C11H8N2O. The number of diazo groups is 1. The van der Waals surface area contributed by atoms with Crippen LogP contribution in [0.25, 0.3) is 15.7 Å². The number of fused-ring (bicyclic) bond motifs is 1. The maximum Gasteiger partial charge on any atom is 0.385 e. The third-order valence-electron chi connectivity index (χ3n) is 2.31. The van der Waals surface area contributed by atoms with Crippen LogP contribution >= 0.6 is 0 Å². The highest BCUT2D eigenvalue weighted by Crippen LogP contribution is 2.34. The summed E-state index contributed by atoms with van der Waals surface area (Å²) >= 11 is 0. The van der Waals surface area contributed by atoms with Crippen molar-refractivity contribution in [2.24, 2.45) is 0 Å². The number of aryl methyl sites for hydroxylation is 1. The predicted molar refractivity (Wildman–Crippen MR) is 52.9 cm³/mol. The Kier molecular flexibility index (Phi) is 1.83. The van der Waals surface area contributed by atoms with Crippen LogP contribution in [0.3, 0.4) is 0 Å². The zero-order valence-corrected chi connectivity index (χ0v) is 7.69. The zero-order valence-electron chi connectivity index (χ0n) is 7.69. The lowest BCUT2D eigenvalue weighted by atomic mass is 10.0. The van der Waals surface area contributed by atoms with Gasteiger partial charge in [0.15, 0.2) is 4.98 Å². The van der Waals surface area contributed by atoms with E-state index in [1.54, 1.807) is 12.1 Å². The van der Waals surface area contributed by atoms with E-state index in [2.05, 4.69) is 4.98 Å². The van der Waals surface area contributed by atoms with Gasteiger partial charge in [-0.1, -0.05) is 24.3 Å². The minimum absolute atomic E-state index is 0.117. The summed E-state index contributed by atoms with van der Waals surface area (Å²) in [5, 5.41) is 21.7. The maximum atomic E-state index is 11.3. The van der Waals surface area contributed by atoms with E-state index < -0.39 is 0 Å². The van der Waals surface area contributed by atoms with Gasteiger partial charge in [0.25, 0.3) is 0 Å². The van der Waals surface area contributed by atoms with Crippen molar-refractivity contribution in [3.63, 3.8) is 0 Å². The zero-order chi connectivity index (χ0) is 10.1. The molecule has 0 heterocycles. The summed E-state index contributed by atoms with van der Waals surface area (Å²) in [4.78, 5) is 3.03. The standard InChI is InChI=1S/C11H8N2O/c1-7-3-2-4-9-8(7)5-6-10(14)11(9)13-12/h2-6H,1H3. The highest BCUT2D eigenvalue weighted by molar-refractivity contribution is 5.98. The van der Waals surface area contributed by atoms with E-state index >= 15 is 0 Å². The molecule has 68 valence electrons. The van der Waals surface area contributed by atoms with Gasteiger partial charge in [-0.05, 0) is 29.7 Å². The van der Waals surface area contributed by atoms with Crippen molar-refractivity contribution < 1.29 is 5.11 Å². The van der Waals surface area contributed by atoms with Crippen molar-refractivity contribution in [3.05, 3.63) is 40.9 Å². The van der Waals surface area contributed by atoms with Crippen molar-refractivity contribution in [1.29, 1.82) is 5.39 Å². The monoisotopic (exact) mass is 184 g/mol. The summed E-state index contributed by atoms with van der Waals surface area (Å²) in [6.07, 6.45) is 0. The SMILES string of the molecule is Cc1cccc2c([N+]#N)c([O-])ccc12. The average Bonchev–Trinajstić information content (AvgIpc) is 2.18. The highest BCUT2D eigenvalue weighted by Gasteiger charge is 2.12. The van der Waals surface area contributed by atoms with Gasteiger partial charge in [-0.15, -0.1) is 0 Å². The topological polar surface area (TPSA) is 51.2 Å². The van der Waals surface area contributed by atoms with Gasteiger partial charge in [-0.2, -0.15) is 0 Å². The Balaban J connectivity index is 2.97. The molecule has 0 aromatic heterocycles. The van der Waals surface area contributed by atoms with Crippen LogP contribution in [0.1, 0.15) is 5.56 Å². The van der Waals surface area contributed by atoms with Gasteiger partial charge in [-0.25, -0.2) is 0 Å². The lowest BCUT2D eigenvalue weighted by molar-refractivity contribution is -0.266. The largest absolute Gasteiger partial charge is 0.867 e. The number of nitrogens with zero attached hydrogens (tertiary/aromatic N) is 2. The molecule has 0 N–H and O–H groups in total. The van der Waals surface area contributed by atoms with E-state index in [1.165, 1.54) is 6.07 Å². The second-order valence-electron chi connectivity index (χ2n) is 3.18. The van der Waals surface area contributed by atoms with Crippen LogP contribution in [-0.2, 0) is 0 Å². The van der Waals surface area contributed by atoms with Crippen molar-refractivity contribution in [3.8, 4) is 5.75 Å². The molecular weight excluding hydrogens is 176 g/mol. The number of hydrogen-bond donors (Lipinski definition) is 0. The molecule has 0 spiro atoms. The minimum Gasteiger partial charge on any atom is -0.867 e. The van der Waals surface area contributed by atoms with Crippen molar-refractivity contribution in [1.82, 2.24) is 0 Å². The second kappa shape index (κ2) is 3.00. The lowest BCUT2D eigenvalue weighted by Gasteiger charge is -2.04. The molecule has 0 radical (unpaired) electrons. The molecule has 0 unspecified atom stereocenters. The molecule has 0 saturated heterocycles. The van der Waals surface area contributed by atoms with Crippen LogP contribution in [0.15, 0.2) is 30.3 Å². The Labute approximate surface area is 81.2 Å². The summed E-state index contributed by atoms with van der Waals surface area (Å²) in [7, 11) is 0. The van der Waals surface area contributed by atoms with Crippen LogP contribution < -0.4 is 5.11 Å². The molecule has 2 rings (SSSR count). The van der Waals surface area contributed by atoms with E-state index in [1.807, 2.05) is 19.1 Å². The van der Waals surface area contributed by atoms with E-state index in [9.17, 15) is 5.11 Å². The van der Waals surface area contributed by atoms with Crippen molar-refractivity contribution in [2.45, 2.75) is 6.92 Å².